The van der Waals surface area contributed by atoms with Gasteiger partial charge in [-0.15, -0.1) is 24.0 Å². The summed E-state index contributed by atoms with van der Waals surface area (Å²) >= 11 is 0. The van der Waals surface area contributed by atoms with Crippen LogP contribution in [0.2, 0.25) is 0 Å². The monoisotopic (exact) mass is 542 g/mol. The second-order valence-corrected chi connectivity index (χ2v) is 8.85. The molecule has 7 nitrogen and oxygen atoms in total. The zero-order chi connectivity index (χ0) is 20.4. The van der Waals surface area contributed by atoms with Crippen LogP contribution in [-0.2, 0) is 10.0 Å². The molecular weight excluding hydrogens is 510 g/mol. The molecule has 1 fully saturated rings. The third-order valence-corrected chi connectivity index (χ3v) is 6.13. The van der Waals surface area contributed by atoms with E-state index in [1.54, 1.807) is 25.2 Å². The molecule has 166 valence electrons. The number of halogens is 2. The average Bonchev–Trinajstić information content (AvgIpc) is 2.63. The molecule has 1 saturated carbocycles. The van der Waals surface area contributed by atoms with E-state index in [4.69, 9.17) is 4.74 Å². The van der Waals surface area contributed by atoms with Crippen LogP contribution in [0.15, 0.2) is 29.3 Å². The van der Waals surface area contributed by atoms with Crippen LogP contribution < -0.4 is 20.1 Å². The van der Waals surface area contributed by atoms with Crippen LogP contribution in [-0.4, -0.2) is 52.9 Å². The Bertz CT molecular complexity index is 745. The first-order valence-corrected chi connectivity index (χ1v) is 11.4. The summed E-state index contributed by atoms with van der Waals surface area (Å²) in [5, 5.41) is 6.08. The Morgan fingerprint density at radius 3 is 2.62 bits per heavy atom. The van der Waals surface area contributed by atoms with Crippen LogP contribution in [0.5, 0.6) is 5.75 Å². The molecule has 0 spiro atoms. The van der Waals surface area contributed by atoms with Crippen LogP contribution in [0.25, 0.3) is 0 Å². The molecule has 1 atom stereocenters. The van der Waals surface area contributed by atoms with E-state index in [-0.39, 0.29) is 48.1 Å². The summed E-state index contributed by atoms with van der Waals surface area (Å²) in [6, 6.07) is 6.28. The normalized spacial score (nSPS) is 15.8. The van der Waals surface area contributed by atoms with E-state index in [1.807, 2.05) is 6.92 Å². The maximum Gasteiger partial charge on any atom is 0.213 e. The molecule has 0 bridgehead atoms. The number of nitrogens with zero attached hydrogens (tertiary/aromatic N) is 1. The van der Waals surface area contributed by atoms with Gasteiger partial charge in [0, 0.05) is 20.1 Å². The van der Waals surface area contributed by atoms with Gasteiger partial charge in [0.25, 0.3) is 0 Å². The van der Waals surface area contributed by atoms with E-state index in [1.165, 1.54) is 12.5 Å². The smallest absolute Gasteiger partial charge is 0.213 e. The van der Waals surface area contributed by atoms with Crippen LogP contribution in [0, 0.1) is 11.7 Å². The Kier molecular flexibility index (Phi) is 11.8. The molecule has 0 aromatic heterocycles. The first-order chi connectivity index (χ1) is 13.4. The molecule has 29 heavy (non-hydrogen) atoms. The number of rotatable bonds is 11. The van der Waals surface area contributed by atoms with Crippen LogP contribution in [0.1, 0.15) is 32.6 Å². The fraction of sp³-hybridized carbons (Fsp3) is 0.632. The highest BCUT2D eigenvalue weighted by molar-refractivity contribution is 14.0. The van der Waals surface area contributed by atoms with Gasteiger partial charge in [-0.1, -0.05) is 25.5 Å². The van der Waals surface area contributed by atoms with Crippen molar-refractivity contribution in [3.63, 3.8) is 0 Å². The number of sulfonamides is 1. The van der Waals surface area contributed by atoms with Gasteiger partial charge >= 0.3 is 0 Å². The quantitative estimate of drug-likeness (QED) is 0.227. The average molecular weight is 542 g/mol. The van der Waals surface area contributed by atoms with E-state index >= 15 is 0 Å². The number of hydrogen-bond donors (Lipinski definition) is 3. The molecule has 1 aliphatic carbocycles. The van der Waals surface area contributed by atoms with Crippen LogP contribution in [0.3, 0.4) is 0 Å². The van der Waals surface area contributed by atoms with Gasteiger partial charge in [0.05, 0.1) is 12.3 Å². The molecule has 1 aromatic carbocycles. The maximum atomic E-state index is 13.7. The lowest BCUT2D eigenvalue weighted by molar-refractivity contribution is 0.191. The van der Waals surface area contributed by atoms with Gasteiger partial charge in [-0.2, -0.15) is 0 Å². The van der Waals surface area contributed by atoms with Gasteiger partial charge in [0.1, 0.15) is 6.10 Å². The molecular formula is C19H32FIN4O3S. The van der Waals surface area contributed by atoms with Crippen molar-refractivity contribution in [2.45, 2.75) is 38.7 Å². The molecule has 10 heteroatoms. The number of ether oxygens (including phenoxy) is 1. The third kappa shape index (κ3) is 9.47. The van der Waals surface area contributed by atoms with E-state index in [2.05, 4.69) is 20.3 Å². The molecule has 2 rings (SSSR count). The Morgan fingerprint density at radius 1 is 1.31 bits per heavy atom. The Morgan fingerprint density at radius 2 is 2.03 bits per heavy atom. The predicted octanol–water partition coefficient (Wildman–Crippen LogP) is 2.49. The lowest BCUT2D eigenvalue weighted by Gasteiger charge is -2.25. The first kappa shape index (κ1) is 25.9. The van der Waals surface area contributed by atoms with E-state index < -0.39 is 15.8 Å². The highest BCUT2D eigenvalue weighted by Gasteiger charge is 2.20. The molecule has 0 heterocycles. The van der Waals surface area contributed by atoms with E-state index in [9.17, 15) is 12.8 Å². The number of nitrogens with one attached hydrogen (secondary N) is 3. The summed E-state index contributed by atoms with van der Waals surface area (Å²) in [6.45, 7) is 3.13. The van der Waals surface area contributed by atoms with Crippen molar-refractivity contribution in [1.82, 2.24) is 15.4 Å². The van der Waals surface area contributed by atoms with E-state index in [0.29, 0.717) is 31.4 Å². The summed E-state index contributed by atoms with van der Waals surface area (Å²) in [4.78, 5) is 4.08. The molecule has 0 aliphatic heterocycles. The fourth-order valence-electron chi connectivity index (χ4n) is 2.74. The minimum atomic E-state index is -3.30. The van der Waals surface area contributed by atoms with Gasteiger partial charge in [0.15, 0.2) is 17.5 Å². The standard InChI is InChI=1S/C19H31FN4O3S.HI/c1-3-16(27-18-10-5-4-9-17(18)20)14-23-19(21-2)22-11-12-28(25,26)24-13-15-7-6-8-15;/h4-5,9-10,15-16,24H,3,6-8,11-14H2,1-2H3,(H2,21,22,23);1H. The number of aliphatic imine (C=N–C) groups is 1. The lowest BCUT2D eigenvalue weighted by atomic mass is 9.86. The predicted molar refractivity (Wildman–Crippen MR) is 125 cm³/mol. The van der Waals surface area contributed by atoms with Crippen LogP contribution in [0.4, 0.5) is 4.39 Å². The minimum Gasteiger partial charge on any atom is -0.486 e. The minimum absolute atomic E-state index is 0. The van der Waals surface area contributed by atoms with Gasteiger partial charge < -0.3 is 15.4 Å². The summed E-state index contributed by atoms with van der Waals surface area (Å²) in [5.74, 6) is 0.747. The largest absolute Gasteiger partial charge is 0.486 e. The van der Waals surface area contributed by atoms with Gasteiger partial charge in [-0.25, -0.2) is 17.5 Å². The maximum absolute atomic E-state index is 13.7. The summed E-state index contributed by atoms with van der Waals surface area (Å²) in [7, 11) is -1.69. The summed E-state index contributed by atoms with van der Waals surface area (Å²) in [6.07, 6.45) is 3.83. The Labute approximate surface area is 190 Å². The SMILES string of the molecule is CCC(CNC(=NC)NCCS(=O)(=O)NCC1CCC1)Oc1ccccc1F.I. The van der Waals surface area contributed by atoms with Crippen molar-refractivity contribution >= 4 is 40.0 Å². The molecule has 0 saturated heterocycles. The van der Waals surface area contributed by atoms with Gasteiger partial charge in [-0.05, 0) is 37.3 Å². The number of hydrogen-bond acceptors (Lipinski definition) is 4. The Hall–Kier alpha value is -1.14. The second-order valence-electron chi connectivity index (χ2n) is 6.92. The summed E-state index contributed by atoms with van der Waals surface area (Å²) < 4.78 is 46.1. The zero-order valence-corrected chi connectivity index (χ0v) is 20.1. The molecule has 1 aliphatic rings. The first-order valence-electron chi connectivity index (χ1n) is 9.76. The fourth-order valence-corrected chi connectivity index (χ4v) is 3.74. The molecule has 0 amide bonds. The Balaban J connectivity index is 0.00000420. The van der Waals surface area contributed by atoms with Crippen LogP contribution >= 0.6 is 24.0 Å². The topological polar surface area (TPSA) is 91.8 Å². The lowest BCUT2D eigenvalue weighted by Crippen LogP contribution is -2.44. The summed E-state index contributed by atoms with van der Waals surface area (Å²) in [5.41, 5.74) is 0. The zero-order valence-electron chi connectivity index (χ0n) is 17.0. The number of benzene rings is 1. The molecule has 3 N–H and O–H groups in total. The van der Waals surface area contributed by atoms with E-state index in [0.717, 1.165) is 12.8 Å². The molecule has 1 aromatic rings. The second kappa shape index (κ2) is 13.2. The number of para-hydroxylation sites is 1. The van der Waals surface area contributed by atoms with Gasteiger partial charge in [-0.3, -0.25) is 4.99 Å². The molecule has 1 unspecified atom stereocenters. The van der Waals surface area contributed by atoms with Gasteiger partial charge in [0.2, 0.25) is 10.0 Å². The van der Waals surface area contributed by atoms with Crippen molar-refractivity contribution < 1.29 is 17.5 Å². The highest BCUT2D eigenvalue weighted by Crippen LogP contribution is 2.25. The third-order valence-electron chi connectivity index (χ3n) is 4.79. The van der Waals surface area contributed by atoms with Crippen molar-refractivity contribution in [1.29, 1.82) is 0 Å². The van der Waals surface area contributed by atoms with Crippen molar-refractivity contribution in [2.75, 3.05) is 32.4 Å². The highest BCUT2D eigenvalue weighted by atomic mass is 127. The van der Waals surface area contributed by atoms with Crippen molar-refractivity contribution in [3.8, 4) is 5.75 Å². The number of guanidine groups is 1. The molecule has 0 radical (unpaired) electrons. The van der Waals surface area contributed by atoms with Crippen molar-refractivity contribution in [2.24, 2.45) is 10.9 Å². The van der Waals surface area contributed by atoms with Crippen molar-refractivity contribution in [3.05, 3.63) is 30.1 Å².